The highest BCUT2D eigenvalue weighted by atomic mass is 127. The van der Waals surface area contributed by atoms with Crippen LogP contribution in [-0.2, 0) is 0 Å². The number of aryl methyl sites for hydroxylation is 1. The van der Waals surface area contributed by atoms with Gasteiger partial charge in [-0.05, 0) is 13.3 Å². The molecular weight excluding hydrogens is 329 g/mol. The molecule has 0 saturated carbocycles. The van der Waals surface area contributed by atoms with E-state index in [1.54, 1.807) is 6.20 Å². The predicted molar refractivity (Wildman–Crippen MR) is 75.1 cm³/mol. The van der Waals surface area contributed by atoms with Crippen molar-refractivity contribution >= 4 is 34.2 Å². The fourth-order valence-electron chi connectivity index (χ4n) is 2.48. The van der Waals surface area contributed by atoms with Gasteiger partial charge in [0.15, 0.2) is 0 Å². The Kier molecular flexibility index (Phi) is 2.70. The van der Waals surface area contributed by atoms with E-state index >= 15 is 0 Å². The van der Waals surface area contributed by atoms with Crippen LogP contribution in [0.2, 0.25) is 0 Å². The molecule has 0 amide bonds. The van der Waals surface area contributed by atoms with Gasteiger partial charge < -0.3 is 5.73 Å². The van der Waals surface area contributed by atoms with Crippen LogP contribution in [0.3, 0.4) is 0 Å². The number of halogens is 1. The van der Waals surface area contributed by atoms with E-state index in [0.29, 0.717) is 11.7 Å². The average molecular weight is 343 g/mol. The fraction of sp³-hybridized carbons (Fsp3) is 0.455. The molecule has 0 aliphatic carbocycles. The molecule has 5 nitrogen and oxygen atoms in total. The Labute approximate surface area is 114 Å². The quantitative estimate of drug-likeness (QED) is 0.633. The van der Waals surface area contributed by atoms with Gasteiger partial charge in [0.2, 0.25) is 0 Å². The number of hydrogen-bond donors (Lipinski definition) is 1. The molecule has 2 aromatic heterocycles. The van der Waals surface area contributed by atoms with Gasteiger partial charge in [0.1, 0.15) is 17.2 Å². The Bertz CT molecular complexity index is 564. The number of nitrogens with two attached hydrogens (primary N) is 1. The van der Waals surface area contributed by atoms with Crippen LogP contribution in [0.15, 0.2) is 12.4 Å². The molecule has 0 aromatic carbocycles. The van der Waals surface area contributed by atoms with E-state index in [9.17, 15) is 0 Å². The Hall–Kier alpha value is -0.890. The lowest BCUT2D eigenvalue weighted by Gasteiger charge is -2.08. The van der Waals surface area contributed by atoms with Crippen molar-refractivity contribution in [2.24, 2.45) is 0 Å². The van der Waals surface area contributed by atoms with Crippen LogP contribution < -0.4 is 5.73 Å². The smallest absolute Gasteiger partial charge is 0.149 e. The van der Waals surface area contributed by atoms with Crippen molar-refractivity contribution in [1.82, 2.24) is 17.5 Å². The highest BCUT2D eigenvalue weighted by Crippen LogP contribution is 2.30. The zero-order valence-corrected chi connectivity index (χ0v) is 11.8. The maximum atomic E-state index is 5.91. The molecule has 17 heavy (non-hydrogen) atoms. The van der Waals surface area contributed by atoms with Crippen LogP contribution in [0.25, 0.3) is 5.52 Å². The summed E-state index contributed by atoms with van der Waals surface area (Å²) in [4.78, 5) is 8.81. The van der Waals surface area contributed by atoms with E-state index in [-0.39, 0.29) is 0 Å². The van der Waals surface area contributed by atoms with E-state index in [0.717, 1.165) is 36.5 Å². The summed E-state index contributed by atoms with van der Waals surface area (Å²) in [5.74, 6) is 2.17. The van der Waals surface area contributed by atoms with E-state index in [4.69, 9.17) is 5.73 Å². The normalized spacial score (nSPS) is 21.4. The van der Waals surface area contributed by atoms with E-state index in [2.05, 4.69) is 40.3 Å². The summed E-state index contributed by atoms with van der Waals surface area (Å²) in [6, 6.07) is 0. The monoisotopic (exact) mass is 343 g/mol. The summed E-state index contributed by atoms with van der Waals surface area (Å²) in [7, 11) is 0. The zero-order valence-electron chi connectivity index (χ0n) is 9.60. The zero-order chi connectivity index (χ0) is 12.0. The molecule has 1 aliphatic rings. The Morgan fingerprint density at radius 2 is 2.35 bits per heavy atom. The van der Waals surface area contributed by atoms with Crippen molar-refractivity contribution in [1.29, 1.82) is 0 Å². The molecule has 1 atom stereocenters. The largest absolute Gasteiger partial charge is 0.382 e. The topological polar surface area (TPSA) is 59.5 Å². The first-order valence-electron chi connectivity index (χ1n) is 5.66. The first kappa shape index (κ1) is 11.2. The number of fused-ring (bicyclic) bond motifs is 1. The molecule has 1 fully saturated rings. The molecular formula is C11H14IN5. The molecule has 1 aliphatic heterocycles. The van der Waals surface area contributed by atoms with Crippen molar-refractivity contribution in [2.45, 2.75) is 19.3 Å². The van der Waals surface area contributed by atoms with Gasteiger partial charge in [0.25, 0.3) is 0 Å². The Morgan fingerprint density at radius 3 is 3.06 bits per heavy atom. The summed E-state index contributed by atoms with van der Waals surface area (Å²) in [5.41, 5.74) is 7.84. The third-order valence-corrected chi connectivity index (χ3v) is 4.16. The highest BCUT2D eigenvalue weighted by Gasteiger charge is 2.26. The number of anilines is 1. The summed E-state index contributed by atoms with van der Waals surface area (Å²) in [6.45, 7) is 4.18. The summed E-state index contributed by atoms with van der Waals surface area (Å²) < 4.78 is 4.40. The molecule has 0 spiro atoms. The Balaban J connectivity index is 2.14. The molecule has 6 heteroatoms. The van der Waals surface area contributed by atoms with Gasteiger partial charge >= 0.3 is 0 Å². The second-order valence-corrected chi connectivity index (χ2v) is 5.81. The SMILES string of the molecule is Cc1nc(C2CCN(I)C2)n2ccnc(N)c12. The minimum Gasteiger partial charge on any atom is -0.382 e. The number of nitrogens with zero attached hydrogens (tertiary/aromatic N) is 4. The lowest BCUT2D eigenvalue weighted by Crippen LogP contribution is -2.09. The van der Waals surface area contributed by atoms with E-state index < -0.39 is 0 Å². The molecule has 3 heterocycles. The van der Waals surface area contributed by atoms with Crippen molar-refractivity contribution in [3.8, 4) is 0 Å². The van der Waals surface area contributed by atoms with Gasteiger partial charge in [-0.15, -0.1) is 0 Å². The first-order valence-corrected chi connectivity index (χ1v) is 6.63. The Morgan fingerprint density at radius 1 is 1.53 bits per heavy atom. The number of rotatable bonds is 1. The van der Waals surface area contributed by atoms with Gasteiger partial charge in [-0.1, -0.05) is 0 Å². The summed E-state index contributed by atoms with van der Waals surface area (Å²) in [5, 5.41) is 0. The highest BCUT2D eigenvalue weighted by molar-refractivity contribution is 14.1. The maximum absolute atomic E-state index is 5.91. The second-order valence-electron chi connectivity index (χ2n) is 4.44. The molecule has 0 bridgehead atoms. The first-order chi connectivity index (χ1) is 8.16. The van der Waals surface area contributed by atoms with Crippen molar-refractivity contribution < 1.29 is 0 Å². The van der Waals surface area contributed by atoms with Gasteiger partial charge in [-0.3, -0.25) is 4.40 Å². The third-order valence-electron chi connectivity index (χ3n) is 3.29. The van der Waals surface area contributed by atoms with Gasteiger partial charge in [0.05, 0.1) is 5.69 Å². The van der Waals surface area contributed by atoms with Crippen molar-refractivity contribution in [2.75, 3.05) is 18.8 Å². The van der Waals surface area contributed by atoms with Crippen molar-refractivity contribution in [3.05, 3.63) is 23.9 Å². The van der Waals surface area contributed by atoms with Gasteiger partial charge in [-0.25, -0.2) is 13.1 Å². The van der Waals surface area contributed by atoms with Crippen LogP contribution in [0.1, 0.15) is 23.9 Å². The lowest BCUT2D eigenvalue weighted by atomic mass is 10.1. The number of aromatic nitrogens is 3. The minimum atomic E-state index is 0.495. The maximum Gasteiger partial charge on any atom is 0.149 e. The predicted octanol–water partition coefficient (Wildman–Crippen LogP) is 1.76. The summed E-state index contributed by atoms with van der Waals surface area (Å²) >= 11 is 2.37. The lowest BCUT2D eigenvalue weighted by molar-refractivity contribution is 0.608. The fourth-order valence-corrected chi connectivity index (χ4v) is 3.24. The average Bonchev–Trinajstić information content (AvgIpc) is 2.84. The molecule has 2 N–H and O–H groups in total. The molecule has 3 rings (SSSR count). The van der Waals surface area contributed by atoms with E-state index in [1.807, 2.05) is 13.1 Å². The standard InChI is InChI=1S/C11H14IN5/c1-7-9-10(13)14-3-5-17(9)11(15-7)8-2-4-16(12)6-8/h3,5,8H,2,4,6H2,1H3,(H2,13,14). The van der Waals surface area contributed by atoms with E-state index in [1.165, 1.54) is 0 Å². The van der Waals surface area contributed by atoms with Crippen LogP contribution in [0.4, 0.5) is 5.82 Å². The summed E-state index contributed by atoms with van der Waals surface area (Å²) in [6.07, 6.45) is 4.85. The molecule has 1 saturated heterocycles. The van der Waals surface area contributed by atoms with Crippen LogP contribution in [-0.4, -0.2) is 30.6 Å². The van der Waals surface area contributed by atoms with Crippen LogP contribution in [0.5, 0.6) is 0 Å². The minimum absolute atomic E-state index is 0.495. The molecule has 0 radical (unpaired) electrons. The van der Waals surface area contributed by atoms with Crippen LogP contribution >= 0.6 is 22.9 Å². The molecule has 2 aromatic rings. The number of nitrogen functional groups attached to an aromatic ring is 1. The van der Waals surface area contributed by atoms with Gasteiger partial charge in [0, 0.05) is 54.3 Å². The molecule has 1 unspecified atom stereocenters. The molecule has 90 valence electrons. The van der Waals surface area contributed by atoms with Gasteiger partial charge in [-0.2, -0.15) is 0 Å². The third kappa shape index (κ3) is 1.79. The van der Waals surface area contributed by atoms with Crippen molar-refractivity contribution in [3.63, 3.8) is 0 Å². The van der Waals surface area contributed by atoms with Crippen LogP contribution in [0, 0.1) is 6.92 Å². The second kappa shape index (κ2) is 4.09. The number of hydrogen-bond acceptors (Lipinski definition) is 4. The number of imidazole rings is 1.